The lowest BCUT2D eigenvalue weighted by Crippen LogP contribution is -2.57. The van der Waals surface area contributed by atoms with Gasteiger partial charge in [-0.1, -0.05) is 30.3 Å². The van der Waals surface area contributed by atoms with Gasteiger partial charge in [-0.25, -0.2) is 4.98 Å². The number of fused-ring (bicyclic) bond motifs is 4. The molecule has 0 aliphatic carbocycles. The van der Waals surface area contributed by atoms with Crippen LogP contribution in [0.25, 0.3) is 27.3 Å². The van der Waals surface area contributed by atoms with Crippen LogP contribution in [0.4, 0.5) is 0 Å². The first-order chi connectivity index (χ1) is 13.1. The van der Waals surface area contributed by atoms with Gasteiger partial charge in [-0.2, -0.15) is 0 Å². The zero-order valence-corrected chi connectivity index (χ0v) is 14.8. The van der Waals surface area contributed by atoms with E-state index in [9.17, 15) is 9.59 Å². The van der Waals surface area contributed by atoms with E-state index in [0.29, 0.717) is 22.1 Å². The summed E-state index contributed by atoms with van der Waals surface area (Å²) in [6.07, 6.45) is 1.66. The van der Waals surface area contributed by atoms with Crippen LogP contribution in [0.3, 0.4) is 0 Å². The molecular weight excluding hydrogens is 340 g/mol. The molecule has 0 saturated carbocycles. The second-order valence-electron chi connectivity index (χ2n) is 7.11. The van der Waals surface area contributed by atoms with Gasteiger partial charge in [-0.3, -0.25) is 14.0 Å². The number of hydrogen-bond donors (Lipinski definition) is 1. The number of nitrogens with one attached hydrogen (secondary N) is 1. The third kappa shape index (κ3) is 2.49. The summed E-state index contributed by atoms with van der Waals surface area (Å²) in [6, 6.07) is 15.1. The standard InChI is InChI=1S/C21H18N4O2/c1-24-11-14(12-24)22-20(26)17-7-4-10-25-19(17)23-18-15-6-3-2-5-13(15)8-9-16(18)21(25)27/h2-10,14H,11-12H2,1H3,(H,22,26). The molecule has 0 unspecified atom stereocenters. The maximum atomic E-state index is 13.0. The van der Waals surface area contributed by atoms with Crippen molar-refractivity contribution in [2.75, 3.05) is 20.1 Å². The van der Waals surface area contributed by atoms with Gasteiger partial charge in [0.05, 0.1) is 22.5 Å². The highest BCUT2D eigenvalue weighted by Crippen LogP contribution is 2.23. The average Bonchev–Trinajstić information content (AvgIpc) is 2.66. The molecule has 1 aliphatic rings. The Morgan fingerprint density at radius 2 is 1.89 bits per heavy atom. The van der Waals surface area contributed by atoms with Crippen molar-refractivity contribution >= 4 is 33.2 Å². The number of aromatic nitrogens is 2. The van der Waals surface area contributed by atoms with Gasteiger partial charge in [0.1, 0.15) is 0 Å². The molecule has 0 spiro atoms. The van der Waals surface area contributed by atoms with Crippen LogP contribution in [0.2, 0.25) is 0 Å². The van der Waals surface area contributed by atoms with Crippen molar-refractivity contribution in [3.05, 3.63) is 70.6 Å². The van der Waals surface area contributed by atoms with Crippen LogP contribution in [-0.4, -0.2) is 46.4 Å². The Bertz CT molecular complexity index is 1270. The summed E-state index contributed by atoms with van der Waals surface area (Å²) in [7, 11) is 2.01. The molecule has 134 valence electrons. The van der Waals surface area contributed by atoms with E-state index in [1.807, 2.05) is 37.4 Å². The highest BCUT2D eigenvalue weighted by Gasteiger charge is 2.26. The number of carbonyl (C=O) groups is 1. The van der Waals surface area contributed by atoms with Gasteiger partial charge in [0.25, 0.3) is 11.5 Å². The first-order valence-corrected chi connectivity index (χ1v) is 8.94. The van der Waals surface area contributed by atoms with Crippen molar-refractivity contribution in [3.8, 4) is 0 Å². The zero-order valence-electron chi connectivity index (χ0n) is 14.8. The van der Waals surface area contributed by atoms with E-state index in [4.69, 9.17) is 4.98 Å². The molecule has 5 rings (SSSR count). The summed E-state index contributed by atoms with van der Waals surface area (Å²) in [5, 5.41) is 5.49. The Labute approximate surface area is 155 Å². The van der Waals surface area contributed by atoms with Crippen molar-refractivity contribution in [1.82, 2.24) is 19.6 Å². The van der Waals surface area contributed by atoms with Gasteiger partial charge in [0.2, 0.25) is 0 Å². The zero-order chi connectivity index (χ0) is 18.5. The van der Waals surface area contributed by atoms with Crippen molar-refractivity contribution < 1.29 is 4.79 Å². The quantitative estimate of drug-likeness (QED) is 0.440. The number of carbonyl (C=O) groups excluding carboxylic acids is 1. The number of pyridine rings is 1. The van der Waals surface area contributed by atoms with Gasteiger partial charge in [0, 0.05) is 24.7 Å². The Hall–Kier alpha value is -3.25. The Balaban J connectivity index is 1.74. The number of amides is 1. The third-order valence-corrected chi connectivity index (χ3v) is 5.18. The van der Waals surface area contributed by atoms with Crippen LogP contribution < -0.4 is 10.9 Å². The topological polar surface area (TPSA) is 66.7 Å². The normalized spacial score (nSPS) is 15.3. The second-order valence-corrected chi connectivity index (χ2v) is 7.11. The Morgan fingerprint density at radius 1 is 1.07 bits per heavy atom. The van der Waals surface area contributed by atoms with E-state index < -0.39 is 0 Å². The van der Waals surface area contributed by atoms with E-state index in [-0.39, 0.29) is 17.5 Å². The highest BCUT2D eigenvalue weighted by molar-refractivity contribution is 6.07. The SMILES string of the molecule is CN1CC(NC(=O)c2cccn3c(=O)c4ccc5ccccc5c4nc23)C1. The lowest BCUT2D eigenvalue weighted by atomic mass is 10.1. The molecule has 1 amide bonds. The molecule has 0 bridgehead atoms. The van der Waals surface area contributed by atoms with Crippen LogP contribution in [0.1, 0.15) is 10.4 Å². The van der Waals surface area contributed by atoms with E-state index in [1.54, 1.807) is 24.4 Å². The summed E-state index contributed by atoms with van der Waals surface area (Å²) in [4.78, 5) is 32.7. The van der Waals surface area contributed by atoms with E-state index in [0.717, 1.165) is 23.9 Å². The molecular formula is C21H18N4O2. The van der Waals surface area contributed by atoms with Crippen LogP contribution >= 0.6 is 0 Å². The number of hydrogen-bond acceptors (Lipinski definition) is 4. The predicted molar refractivity (Wildman–Crippen MR) is 105 cm³/mol. The summed E-state index contributed by atoms with van der Waals surface area (Å²) in [5.74, 6) is -0.197. The molecule has 2 aromatic carbocycles. The molecule has 6 nitrogen and oxygen atoms in total. The molecule has 3 heterocycles. The number of benzene rings is 2. The molecule has 0 atom stereocenters. The summed E-state index contributed by atoms with van der Waals surface area (Å²) < 4.78 is 1.46. The molecule has 4 aromatic rings. The van der Waals surface area contributed by atoms with Crippen LogP contribution in [0.5, 0.6) is 0 Å². The minimum absolute atomic E-state index is 0.135. The number of nitrogens with zero attached hydrogens (tertiary/aromatic N) is 3. The number of likely N-dealkylation sites (N-methyl/N-ethyl adjacent to an activating group) is 1. The van der Waals surface area contributed by atoms with Crippen molar-refractivity contribution in [3.63, 3.8) is 0 Å². The first-order valence-electron chi connectivity index (χ1n) is 8.94. The fourth-order valence-electron chi connectivity index (χ4n) is 3.79. The van der Waals surface area contributed by atoms with Crippen LogP contribution in [0.15, 0.2) is 59.5 Å². The molecule has 27 heavy (non-hydrogen) atoms. The minimum Gasteiger partial charge on any atom is -0.347 e. The fraction of sp³-hybridized carbons (Fsp3) is 0.190. The van der Waals surface area contributed by atoms with Crippen molar-refractivity contribution in [2.45, 2.75) is 6.04 Å². The molecule has 1 N–H and O–H groups in total. The highest BCUT2D eigenvalue weighted by atomic mass is 16.2. The third-order valence-electron chi connectivity index (χ3n) is 5.18. The number of likely N-dealkylation sites (tertiary alicyclic amines) is 1. The van der Waals surface area contributed by atoms with Crippen molar-refractivity contribution in [1.29, 1.82) is 0 Å². The largest absolute Gasteiger partial charge is 0.347 e. The fourth-order valence-corrected chi connectivity index (χ4v) is 3.79. The average molecular weight is 358 g/mol. The first kappa shape index (κ1) is 16.0. The van der Waals surface area contributed by atoms with Gasteiger partial charge in [-0.05, 0) is 30.6 Å². The maximum absolute atomic E-state index is 13.0. The monoisotopic (exact) mass is 358 g/mol. The lowest BCUT2D eigenvalue weighted by molar-refractivity contribution is 0.0859. The Kier molecular flexibility index (Phi) is 3.48. The molecule has 0 radical (unpaired) electrons. The van der Waals surface area contributed by atoms with Gasteiger partial charge in [0.15, 0.2) is 5.65 Å². The molecule has 1 aliphatic heterocycles. The van der Waals surface area contributed by atoms with Gasteiger partial charge in [-0.15, -0.1) is 0 Å². The minimum atomic E-state index is -0.197. The number of rotatable bonds is 2. The molecule has 1 fully saturated rings. The smallest absolute Gasteiger partial charge is 0.265 e. The molecule has 6 heteroatoms. The second kappa shape index (κ2) is 5.89. The van der Waals surface area contributed by atoms with Crippen LogP contribution in [0, 0.1) is 0 Å². The van der Waals surface area contributed by atoms with E-state index >= 15 is 0 Å². The lowest BCUT2D eigenvalue weighted by Gasteiger charge is -2.36. The van der Waals surface area contributed by atoms with Crippen LogP contribution in [-0.2, 0) is 0 Å². The molecule has 2 aromatic heterocycles. The Morgan fingerprint density at radius 3 is 2.70 bits per heavy atom. The maximum Gasteiger partial charge on any atom is 0.265 e. The van der Waals surface area contributed by atoms with Crippen molar-refractivity contribution in [2.24, 2.45) is 0 Å². The van der Waals surface area contributed by atoms with E-state index in [2.05, 4.69) is 10.2 Å². The van der Waals surface area contributed by atoms with Gasteiger partial charge < -0.3 is 10.2 Å². The predicted octanol–water partition coefficient (Wildman–Crippen LogP) is 2.04. The summed E-state index contributed by atoms with van der Waals surface area (Å²) in [6.45, 7) is 1.66. The summed E-state index contributed by atoms with van der Waals surface area (Å²) in [5.41, 5.74) is 1.26. The summed E-state index contributed by atoms with van der Waals surface area (Å²) >= 11 is 0. The molecule has 1 saturated heterocycles. The van der Waals surface area contributed by atoms with E-state index in [1.165, 1.54) is 4.40 Å². The van der Waals surface area contributed by atoms with Gasteiger partial charge >= 0.3 is 0 Å².